The maximum absolute atomic E-state index is 10.3. The first-order valence-electron chi connectivity index (χ1n) is 4.16. The van der Waals surface area contributed by atoms with Crippen LogP contribution in [0, 0.1) is 0 Å². The summed E-state index contributed by atoms with van der Waals surface area (Å²) >= 11 is 0. The Hall–Kier alpha value is -1.05. The minimum absolute atomic E-state index is 0.231. The molecule has 0 bridgehead atoms. The van der Waals surface area contributed by atoms with Gasteiger partial charge in [0, 0.05) is 6.92 Å². The molecule has 68 valence electrons. The van der Waals surface area contributed by atoms with Crippen LogP contribution in [0.2, 0.25) is 0 Å². The molecule has 0 aliphatic carbocycles. The lowest BCUT2D eigenvalue weighted by Crippen LogP contribution is -1.97. The van der Waals surface area contributed by atoms with Gasteiger partial charge >= 0.3 is 5.97 Å². The molecule has 0 aromatic rings. The molecule has 0 aromatic carbocycles. The molecule has 0 fully saturated rings. The highest BCUT2D eigenvalue weighted by atomic mass is 16.5. The second-order valence-corrected chi connectivity index (χ2v) is 2.49. The van der Waals surface area contributed by atoms with E-state index >= 15 is 0 Å². The van der Waals surface area contributed by atoms with Crippen molar-refractivity contribution in [2.45, 2.75) is 26.2 Å². The molecule has 0 saturated carbocycles. The summed E-state index contributed by atoms with van der Waals surface area (Å²) in [6.45, 7) is 5.42. The molecule has 0 rings (SSSR count). The fourth-order valence-electron chi connectivity index (χ4n) is 0.731. The van der Waals surface area contributed by atoms with Crippen LogP contribution < -0.4 is 0 Å². The van der Waals surface area contributed by atoms with E-state index < -0.39 is 0 Å². The summed E-state index contributed by atoms with van der Waals surface area (Å²) in [4.78, 5) is 10.3. The molecule has 0 atom stereocenters. The summed E-state index contributed by atoms with van der Waals surface area (Å²) in [7, 11) is 0. The molecule has 0 aliphatic rings. The van der Waals surface area contributed by atoms with Crippen LogP contribution in [-0.2, 0) is 9.53 Å². The van der Waals surface area contributed by atoms with E-state index in [9.17, 15) is 4.79 Å². The van der Waals surface area contributed by atoms with Crippen LogP contribution >= 0.6 is 0 Å². The first-order valence-corrected chi connectivity index (χ1v) is 4.16. The second kappa shape index (κ2) is 8.05. The van der Waals surface area contributed by atoms with E-state index in [4.69, 9.17) is 4.74 Å². The molecule has 12 heavy (non-hydrogen) atoms. The van der Waals surface area contributed by atoms with Gasteiger partial charge in [-0.3, -0.25) is 4.79 Å². The van der Waals surface area contributed by atoms with Gasteiger partial charge in [0.1, 0.15) is 6.61 Å². The minimum atomic E-state index is -0.231. The van der Waals surface area contributed by atoms with E-state index in [1.54, 1.807) is 0 Å². The summed E-state index contributed by atoms with van der Waals surface area (Å²) in [5, 5.41) is 0. The number of allylic oxidation sites excluding steroid dienone is 2. The number of rotatable bonds is 6. The molecule has 0 N–H and O–H groups in total. The third-order valence-corrected chi connectivity index (χ3v) is 1.33. The van der Waals surface area contributed by atoms with Crippen LogP contribution in [0.3, 0.4) is 0 Å². The quantitative estimate of drug-likeness (QED) is 0.346. The van der Waals surface area contributed by atoms with Crippen molar-refractivity contribution in [3.63, 3.8) is 0 Å². The molecule has 0 unspecified atom stereocenters. The zero-order valence-electron chi connectivity index (χ0n) is 7.58. The van der Waals surface area contributed by atoms with E-state index in [2.05, 4.69) is 6.58 Å². The monoisotopic (exact) mass is 168 g/mol. The van der Waals surface area contributed by atoms with E-state index in [1.807, 2.05) is 18.2 Å². The highest BCUT2D eigenvalue weighted by Crippen LogP contribution is 1.96. The minimum Gasteiger partial charge on any atom is -0.462 e. The van der Waals surface area contributed by atoms with Gasteiger partial charge in [-0.2, -0.15) is 0 Å². The molecule has 0 aromatic heterocycles. The predicted molar refractivity (Wildman–Crippen MR) is 49.8 cm³/mol. The Morgan fingerprint density at radius 2 is 2.17 bits per heavy atom. The third-order valence-electron chi connectivity index (χ3n) is 1.33. The van der Waals surface area contributed by atoms with Crippen molar-refractivity contribution in [3.8, 4) is 0 Å². The standard InChI is InChI=1S/C10H16O2/c1-3-4-5-6-7-8-9-12-10(2)11/h3,7-8H,1,4-6,9H2,2H3/b8-7+. The Labute approximate surface area is 73.9 Å². The van der Waals surface area contributed by atoms with Crippen molar-refractivity contribution in [2.75, 3.05) is 6.61 Å². The zero-order valence-corrected chi connectivity index (χ0v) is 7.58. The SMILES string of the molecule is C=CCCC/C=C/COC(C)=O. The number of hydrogen-bond donors (Lipinski definition) is 0. The Balaban J connectivity index is 3.14. The molecule has 0 heterocycles. The number of carbonyl (C=O) groups excluding carboxylic acids is 1. The topological polar surface area (TPSA) is 26.3 Å². The Morgan fingerprint density at radius 1 is 1.42 bits per heavy atom. The first-order chi connectivity index (χ1) is 5.77. The van der Waals surface area contributed by atoms with Crippen molar-refractivity contribution < 1.29 is 9.53 Å². The van der Waals surface area contributed by atoms with Crippen LogP contribution in [0.4, 0.5) is 0 Å². The summed E-state index contributed by atoms with van der Waals surface area (Å²) in [6.07, 6.45) is 8.96. The highest BCUT2D eigenvalue weighted by Gasteiger charge is 1.86. The Morgan fingerprint density at radius 3 is 2.75 bits per heavy atom. The van der Waals surface area contributed by atoms with Gasteiger partial charge in [0.15, 0.2) is 0 Å². The zero-order chi connectivity index (χ0) is 9.23. The Bertz CT molecular complexity index is 159. The maximum Gasteiger partial charge on any atom is 0.302 e. The Kier molecular flexibility index (Phi) is 7.35. The molecule has 2 heteroatoms. The summed E-state index contributed by atoms with van der Waals surface area (Å²) < 4.78 is 4.70. The molecule has 2 nitrogen and oxygen atoms in total. The number of unbranched alkanes of at least 4 members (excludes halogenated alkanes) is 2. The molecule has 0 aliphatic heterocycles. The van der Waals surface area contributed by atoms with Crippen LogP contribution in [0.1, 0.15) is 26.2 Å². The number of hydrogen-bond acceptors (Lipinski definition) is 2. The van der Waals surface area contributed by atoms with Gasteiger partial charge in [0.05, 0.1) is 0 Å². The molecule has 0 amide bonds. The number of esters is 1. The normalized spacial score (nSPS) is 10.1. The van der Waals surface area contributed by atoms with Gasteiger partial charge in [0.25, 0.3) is 0 Å². The lowest BCUT2D eigenvalue weighted by molar-refractivity contribution is -0.139. The molecular formula is C10H16O2. The van der Waals surface area contributed by atoms with Gasteiger partial charge in [0.2, 0.25) is 0 Å². The van der Waals surface area contributed by atoms with E-state index in [-0.39, 0.29) is 5.97 Å². The fraction of sp³-hybridized carbons (Fsp3) is 0.500. The van der Waals surface area contributed by atoms with Crippen LogP contribution in [-0.4, -0.2) is 12.6 Å². The van der Waals surface area contributed by atoms with Crippen molar-refractivity contribution in [1.29, 1.82) is 0 Å². The fourth-order valence-corrected chi connectivity index (χ4v) is 0.731. The third kappa shape index (κ3) is 8.95. The van der Waals surface area contributed by atoms with E-state index in [0.29, 0.717) is 6.61 Å². The van der Waals surface area contributed by atoms with Crippen LogP contribution in [0.5, 0.6) is 0 Å². The highest BCUT2D eigenvalue weighted by molar-refractivity contribution is 5.65. The second-order valence-electron chi connectivity index (χ2n) is 2.49. The molecule has 0 saturated heterocycles. The summed E-state index contributed by atoms with van der Waals surface area (Å²) in [5.74, 6) is -0.231. The largest absolute Gasteiger partial charge is 0.462 e. The van der Waals surface area contributed by atoms with Gasteiger partial charge in [-0.1, -0.05) is 18.2 Å². The molecular weight excluding hydrogens is 152 g/mol. The van der Waals surface area contributed by atoms with Crippen LogP contribution in [0.15, 0.2) is 24.8 Å². The van der Waals surface area contributed by atoms with Gasteiger partial charge in [-0.25, -0.2) is 0 Å². The van der Waals surface area contributed by atoms with Crippen molar-refractivity contribution in [3.05, 3.63) is 24.8 Å². The first kappa shape index (κ1) is 11.0. The number of carbonyl (C=O) groups is 1. The summed E-state index contributed by atoms with van der Waals surface area (Å²) in [5.41, 5.74) is 0. The summed E-state index contributed by atoms with van der Waals surface area (Å²) in [6, 6.07) is 0. The maximum atomic E-state index is 10.3. The van der Waals surface area contributed by atoms with Crippen LogP contribution in [0.25, 0.3) is 0 Å². The van der Waals surface area contributed by atoms with Crippen molar-refractivity contribution >= 4 is 5.97 Å². The van der Waals surface area contributed by atoms with E-state index in [1.165, 1.54) is 6.92 Å². The predicted octanol–water partition coefficient (Wildman–Crippen LogP) is 2.46. The van der Waals surface area contributed by atoms with Gasteiger partial charge in [-0.15, -0.1) is 6.58 Å². The van der Waals surface area contributed by atoms with E-state index in [0.717, 1.165) is 19.3 Å². The van der Waals surface area contributed by atoms with Crippen molar-refractivity contribution in [2.24, 2.45) is 0 Å². The van der Waals surface area contributed by atoms with Gasteiger partial charge in [-0.05, 0) is 19.3 Å². The molecule has 0 radical (unpaired) electrons. The smallest absolute Gasteiger partial charge is 0.302 e. The lowest BCUT2D eigenvalue weighted by atomic mass is 10.2. The van der Waals surface area contributed by atoms with Gasteiger partial charge < -0.3 is 4.74 Å². The number of ether oxygens (including phenoxy) is 1. The molecule has 0 spiro atoms. The average molecular weight is 168 g/mol. The average Bonchev–Trinajstić information content (AvgIpc) is 2.02. The van der Waals surface area contributed by atoms with Crippen molar-refractivity contribution in [1.82, 2.24) is 0 Å². The lowest BCUT2D eigenvalue weighted by Gasteiger charge is -1.94.